The molecule has 0 aliphatic rings. The number of benzene rings is 3. The first-order valence-corrected chi connectivity index (χ1v) is 7.98. The van der Waals surface area contributed by atoms with Crippen LogP contribution in [0.4, 0.5) is 4.39 Å². The summed E-state index contributed by atoms with van der Waals surface area (Å²) in [6.45, 7) is 0. The number of hydrogen-bond donors (Lipinski definition) is 1. The molecule has 0 atom stereocenters. The van der Waals surface area contributed by atoms with Gasteiger partial charge in [0.1, 0.15) is 5.82 Å². The number of aromatic nitrogens is 2. The van der Waals surface area contributed by atoms with Crippen molar-refractivity contribution in [2.24, 2.45) is 0 Å². The molecule has 1 aromatic heterocycles. The van der Waals surface area contributed by atoms with E-state index in [0.717, 1.165) is 17.2 Å². The second-order valence-corrected chi connectivity index (χ2v) is 5.81. The van der Waals surface area contributed by atoms with Gasteiger partial charge in [-0.15, -0.1) is 0 Å². The van der Waals surface area contributed by atoms with Crippen LogP contribution in [-0.2, 0) is 0 Å². The number of carbonyl (C=O) groups is 1. The number of carboxylic acid groups (broad SMARTS) is 1. The van der Waals surface area contributed by atoms with E-state index in [4.69, 9.17) is 0 Å². The fourth-order valence-electron chi connectivity index (χ4n) is 2.84. The van der Waals surface area contributed by atoms with Crippen LogP contribution in [0, 0.1) is 5.82 Å². The SMILES string of the molecule is O=C(O)c1nc(-c2ccc(-c3ccccc3)cc2)nc2ccc(F)cc12. The zero-order valence-corrected chi connectivity index (χ0v) is 13.6. The van der Waals surface area contributed by atoms with Gasteiger partial charge in [0.2, 0.25) is 0 Å². The molecule has 126 valence electrons. The summed E-state index contributed by atoms with van der Waals surface area (Å²) >= 11 is 0. The van der Waals surface area contributed by atoms with Gasteiger partial charge in [-0.25, -0.2) is 19.2 Å². The Kier molecular flexibility index (Phi) is 3.89. The molecule has 5 heteroatoms. The first-order chi connectivity index (χ1) is 12.6. The lowest BCUT2D eigenvalue weighted by atomic mass is 10.0. The van der Waals surface area contributed by atoms with E-state index < -0.39 is 11.8 Å². The van der Waals surface area contributed by atoms with Gasteiger partial charge in [0.15, 0.2) is 11.5 Å². The maximum atomic E-state index is 13.5. The lowest BCUT2D eigenvalue weighted by molar-refractivity contribution is 0.0693. The number of rotatable bonds is 3. The fourth-order valence-corrected chi connectivity index (χ4v) is 2.84. The van der Waals surface area contributed by atoms with E-state index in [9.17, 15) is 14.3 Å². The Balaban J connectivity index is 1.81. The highest BCUT2D eigenvalue weighted by Gasteiger charge is 2.15. The van der Waals surface area contributed by atoms with Gasteiger partial charge in [0.25, 0.3) is 0 Å². The molecule has 1 heterocycles. The molecule has 0 bridgehead atoms. The molecule has 0 unspecified atom stereocenters. The van der Waals surface area contributed by atoms with Gasteiger partial charge < -0.3 is 5.11 Å². The average molecular weight is 344 g/mol. The van der Waals surface area contributed by atoms with Crippen LogP contribution in [0.2, 0.25) is 0 Å². The number of fused-ring (bicyclic) bond motifs is 1. The second-order valence-electron chi connectivity index (χ2n) is 5.81. The first-order valence-electron chi connectivity index (χ1n) is 7.98. The molecule has 0 fully saturated rings. The maximum absolute atomic E-state index is 13.5. The summed E-state index contributed by atoms with van der Waals surface area (Å²) < 4.78 is 13.5. The van der Waals surface area contributed by atoms with Gasteiger partial charge in [-0.1, -0.05) is 54.6 Å². The van der Waals surface area contributed by atoms with Crippen molar-refractivity contribution in [3.63, 3.8) is 0 Å². The Bertz CT molecular complexity index is 1110. The van der Waals surface area contributed by atoms with Crippen molar-refractivity contribution < 1.29 is 14.3 Å². The molecule has 0 saturated carbocycles. The highest BCUT2D eigenvalue weighted by molar-refractivity contribution is 6.01. The van der Waals surface area contributed by atoms with Crippen LogP contribution >= 0.6 is 0 Å². The molecule has 0 amide bonds. The van der Waals surface area contributed by atoms with Gasteiger partial charge in [-0.3, -0.25) is 0 Å². The number of nitrogens with zero attached hydrogens (tertiary/aromatic N) is 2. The van der Waals surface area contributed by atoms with Crippen molar-refractivity contribution in [1.82, 2.24) is 9.97 Å². The minimum absolute atomic E-state index is 0.183. The first kappa shape index (κ1) is 15.9. The summed E-state index contributed by atoms with van der Waals surface area (Å²) in [6.07, 6.45) is 0. The average Bonchev–Trinajstić information content (AvgIpc) is 2.68. The molecule has 0 spiro atoms. The molecular formula is C21H13FN2O2. The van der Waals surface area contributed by atoms with Crippen LogP contribution in [0.25, 0.3) is 33.4 Å². The quantitative estimate of drug-likeness (QED) is 0.580. The standard InChI is InChI=1S/C21H13FN2O2/c22-16-10-11-18-17(12-16)19(21(25)26)24-20(23-18)15-8-6-14(7-9-15)13-4-2-1-3-5-13/h1-12H,(H,25,26). The van der Waals surface area contributed by atoms with Crippen LogP contribution in [0.5, 0.6) is 0 Å². The lowest BCUT2D eigenvalue weighted by Gasteiger charge is -2.07. The molecule has 4 aromatic rings. The Labute approximate surface area is 148 Å². The van der Waals surface area contributed by atoms with E-state index in [0.29, 0.717) is 16.9 Å². The summed E-state index contributed by atoms with van der Waals surface area (Å²) in [4.78, 5) is 20.1. The van der Waals surface area contributed by atoms with Crippen molar-refractivity contribution in [1.29, 1.82) is 0 Å². The van der Waals surface area contributed by atoms with Crippen molar-refractivity contribution in [3.05, 3.63) is 84.3 Å². The topological polar surface area (TPSA) is 63.1 Å². The largest absolute Gasteiger partial charge is 0.476 e. The normalized spacial score (nSPS) is 10.8. The van der Waals surface area contributed by atoms with Crippen LogP contribution < -0.4 is 0 Å². The van der Waals surface area contributed by atoms with Gasteiger partial charge in [-0.05, 0) is 29.3 Å². The fraction of sp³-hybridized carbons (Fsp3) is 0. The third kappa shape index (κ3) is 2.91. The Hall–Kier alpha value is -3.60. The molecule has 0 aliphatic heterocycles. The van der Waals surface area contributed by atoms with E-state index in [2.05, 4.69) is 9.97 Å². The third-order valence-electron chi connectivity index (χ3n) is 4.11. The summed E-state index contributed by atoms with van der Waals surface area (Å²) in [6, 6.07) is 21.3. The van der Waals surface area contributed by atoms with Crippen molar-refractivity contribution in [2.75, 3.05) is 0 Å². The van der Waals surface area contributed by atoms with E-state index in [1.54, 1.807) is 0 Å². The van der Waals surface area contributed by atoms with E-state index in [-0.39, 0.29) is 11.1 Å². The maximum Gasteiger partial charge on any atom is 0.355 e. The van der Waals surface area contributed by atoms with Crippen LogP contribution in [0.15, 0.2) is 72.8 Å². The van der Waals surface area contributed by atoms with Gasteiger partial charge in [-0.2, -0.15) is 0 Å². The van der Waals surface area contributed by atoms with Crippen LogP contribution in [0.1, 0.15) is 10.5 Å². The summed E-state index contributed by atoms with van der Waals surface area (Å²) in [7, 11) is 0. The highest BCUT2D eigenvalue weighted by Crippen LogP contribution is 2.25. The van der Waals surface area contributed by atoms with Crippen LogP contribution in [0.3, 0.4) is 0 Å². The highest BCUT2D eigenvalue weighted by atomic mass is 19.1. The van der Waals surface area contributed by atoms with Crippen molar-refractivity contribution in [3.8, 4) is 22.5 Å². The predicted molar refractivity (Wildman–Crippen MR) is 97.3 cm³/mol. The second kappa shape index (κ2) is 6.37. The monoisotopic (exact) mass is 344 g/mol. The van der Waals surface area contributed by atoms with Gasteiger partial charge in [0, 0.05) is 10.9 Å². The van der Waals surface area contributed by atoms with E-state index in [1.165, 1.54) is 12.1 Å². The third-order valence-corrected chi connectivity index (χ3v) is 4.11. The zero-order chi connectivity index (χ0) is 18.1. The van der Waals surface area contributed by atoms with Gasteiger partial charge in [0.05, 0.1) is 5.52 Å². The molecule has 26 heavy (non-hydrogen) atoms. The zero-order valence-electron chi connectivity index (χ0n) is 13.6. The van der Waals surface area contributed by atoms with Gasteiger partial charge >= 0.3 is 5.97 Å². The number of hydrogen-bond acceptors (Lipinski definition) is 3. The molecule has 0 saturated heterocycles. The summed E-state index contributed by atoms with van der Waals surface area (Å²) in [5.74, 6) is -1.45. The lowest BCUT2D eigenvalue weighted by Crippen LogP contribution is -2.05. The molecule has 0 aliphatic carbocycles. The molecule has 0 radical (unpaired) electrons. The molecule has 1 N–H and O–H groups in total. The van der Waals surface area contributed by atoms with E-state index >= 15 is 0 Å². The number of halogens is 1. The smallest absolute Gasteiger partial charge is 0.355 e. The minimum Gasteiger partial charge on any atom is -0.476 e. The molecule has 4 rings (SSSR count). The predicted octanol–water partition coefficient (Wildman–Crippen LogP) is 4.80. The summed E-state index contributed by atoms with van der Waals surface area (Å²) in [5, 5.41) is 9.61. The molecule has 4 nitrogen and oxygen atoms in total. The van der Waals surface area contributed by atoms with Crippen LogP contribution in [-0.4, -0.2) is 21.0 Å². The molecular weight excluding hydrogens is 331 g/mol. The van der Waals surface area contributed by atoms with Crippen molar-refractivity contribution in [2.45, 2.75) is 0 Å². The van der Waals surface area contributed by atoms with Crippen molar-refractivity contribution >= 4 is 16.9 Å². The molecule has 3 aromatic carbocycles. The summed E-state index contributed by atoms with van der Waals surface area (Å²) in [5.41, 5.74) is 2.99. The number of carboxylic acids is 1. The Morgan fingerprint density at radius 2 is 1.46 bits per heavy atom. The Morgan fingerprint density at radius 3 is 2.15 bits per heavy atom. The minimum atomic E-state index is -1.22. The Morgan fingerprint density at radius 1 is 0.808 bits per heavy atom. The van der Waals surface area contributed by atoms with E-state index in [1.807, 2.05) is 54.6 Å². The number of aromatic carboxylic acids is 1.